The van der Waals surface area contributed by atoms with Crippen LogP contribution in [0.15, 0.2) is 0 Å². The normalized spacial score (nSPS) is 11.3. The Bertz CT molecular complexity index is 576. The van der Waals surface area contributed by atoms with Gasteiger partial charge < -0.3 is 62.2 Å². The molecule has 262 valence electrons. The van der Waals surface area contributed by atoms with Crippen LogP contribution in [0.3, 0.4) is 0 Å². The van der Waals surface area contributed by atoms with Crippen molar-refractivity contribution >= 4 is 12.2 Å². The van der Waals surface area contributed by atoms with Gasteiger partial charge in [0.1, 0.15) is 5.78 Å². The van der Waals surface area contributed by atoms with Gasteiger partial charge in [-0.15, -0.1) is 0 Å². The number of hydrogen-bond acceptors (Lipinski definition) is 14. The highest BCUT2D eigenvalue weighted by atomic mass is 16.6. The summed E-state index contributed by atoms with van der Waals surface area (Å²) in [5, 5.41) is 2.52. The Balaban J connectivity index is 3.04. The van der Waals surface area contributed by atoms with E-state index in [0.717, 1.165) is 0 Å². The summed E-state index contributed by atoms with van der Waals surface area (Å²) in [5.41, 5.74) is 0. The molecule has 0 saturated heterocycles. The molecular weight excluding hydrogens is 586 g/mol. The van der Waals surface area contributed by atoms with Crippen LogP contribution in [0.4, 0.5) is 0 Å². The maximum Gasteiger partial charge on any atom is 0.207 e. The molecule has 15 heteroatoms. The summed E-state index contributed by atoms with van der Waals surface area (Å²) in [7, 11) is 0. The van der Waals surface area contributed by atoms with E-state index in [1.165, 1.54) is 0 Å². The Kier molecular flexibility index (Phi) is 38.5. The molecule has 0 aliphatic carbocycles. The van der Waals surface area contributed by atoms with E-state index in [1.54, 1.807) is 6.92 Å². The van der Waals surface area contributed by atoms with Gasteiger partial charge in [-0.3, -0.25) is 9.59 Å². The molecule has 0 aromatic heterocycles. The molecule has 0 spiro atoms. The lowest BCUT2D eigenvalue weighted by molar-refractivity contribution is -0.118. The molecule has 0 heterocycles. The van der Waals surface area contributed by atoms with E-state index >= 15 is 0 Å². The van der Waals surface area contributed by atoms with E-state index in [-0.39, 0.29) is 5.78 Å². The molecule has 0 rings (SSSR count). The summed E-state index contributed by atoms with van der Waals surface area (Å²) in [6.45, 7) is 13.8. The molecule has 0 aliphatic rings. The molecule has 0 aromatic carbocycles. The van der Waals surface area contributed by atoms with Gasteiger partial charge in [-0.1, -0.05) is 0 Å². The average Bonchev–Trinajstić information content (AvgIpc) is 3.02. The first-order valence-electron chi connectivity index (χ1n) is 15.4. The fraction of sp³-hybridized carbons (Fsp3) is 0.931. The highest BCUT2D eigenvalue weighted by Gasteiger charge is 1.97. The smallest absolute Gasteiger partial charge is 0.207 e. The highest BCUT2D eigenvalue weighted by Crippen LogP contribution is 1.88. The van der Waals surface area contributed by atoms with Crippen molar-refractivity contribution in [2.24, 2.45) is 0 Å². The number of amides is 1. The third kappa shape index (κ3) is 40.7. The van der Waals surface area contributed by atoms with Crippen LogP contribution in [0.25, 0.3) is 0 Å². The average molecular weight is 644 g/mol. The Labute approximate surface area is 262 Å². The van der Waals surface area contributed by atoms with Crippen LogP contribution in [-0.4, -0.2) is 177 Å². The van der Waals surface area contributed by atoms with Gasteiger partial charge in [-0.05, 0) is 6.92 Å². The summed E-state index contributed by atoms with van der Waals surface area (Å²) >= 11 is 0. The molecule has 0 fully saturated rings. The quantitative estimate of drug-likeness (QED) is 0.0698. The van der Waals surface area contributed by atoms with E-state index in [2.05, 4.69) is 5.32 Å². The SMILES string of the molecule is CC(=O)CCOCCOCCOCCOCCOCCOCCOCCOCCOCCOCCOCCOCCNC=O. The predicted molar refractivity (Wildman–Crippen MR) is 159 cm³/mol. The molecule has 0 atom stereocenters. The molecule has 44 heavy (non-hydrogen) atoms. The third-order valence-electron chi connectivity index (χ3n) is 5.16. The van der Waals surface area contributed by atoms with E-state index < -0.39 is 0 Å². The van der Waals surface area contributed by atoms with Gasteiger partial charge in [0, 0.05) is 13.0 Å². The number of carbonyl (C=O) groups excluding carboxylic acids is 2. The zero-order valence-corrected chi connectivity index (χ0v) is 26.7. The molecular formula is C29H57NO14. The lowest BCUT2D eigenvalue weighted by Crippen LogP contribution is -2.19. The van der Waals surface area contributed by atoms with Crippen molar-refractivity contribution in [3.8, 4) is 0 Å². The predicted octanol–water partition coefficient (Wildman–Crippen LogP) is -0.0893. The van der Waals surface area contributed by atoms with Gasteiger partial charge in [0.15, 0.2) is 0 Å². The van der Waals surface area contributed by atoms with Crippen molar-refractivity contribution < 1.29 is 66.4 Å². The first kappa shape index (κ1) is 42.7. The number of rotatable bonds is 40. The molecule has 0 aromatic rings. The fourth-order valence-corrected chi connectivity index (χ4v) is 2.93. The number of carbonyl (C=O) groups is 2. The minimum absolute atomic E-state index is 0.123. The van der Waals surface area contributed by atoms with Gasteiger partial charge in [0.2, 0.25) is 6.41 Å². The summed E-state index contributed by atoms with van der Waals surface area (Å²) < 4.78 is 64.8. The Morgan fingerprint density at radius 2 is 0.591 bits per heavy atom. The van der Waals surface area contributed by atoms with Crippen LogP contribution >= 0.6 is 0 Å². The van der Waals surface area contributed by atoms with Crippen molar-refractivity contribution in [2.75, 3.05) is 165 Å². The van der Waals surface area contributed by atoms with Gasteiger partial charge >= 0.3 is 0 Å². The standard InChI is InChI=1S/C29H57NO14/c1-29(32)2-4-33-6-8-35-10-12-37-14-16-39-18-20-41-22-24-43-26-27-44-25-23-42-21-19-40-17-15-38-13-11-36-9-7-34-5-3-30-28-31/h28H,2-27H2,1H3,(H,30,31). The van der Waals surface area contributed by atoms with Crippen LogP contribution in [0.1, 0.15) is 13.3 Å². The van der Waals surface area contributed by atoms with Crippen molar-refractivity contribution in [3.63, 3.8) is 0 Å². The lowest BCUT2D eigenvalue weighted by atomic mass is 10.3. The number of Topliss-reactive ketones (excluding diaryl/α,β-unsaturated/α-hetero) is 1. The summed E-state index contributed by atoms with van der Waals surface area (Å²) in [4.78, 5) is 20.8. The zero-order chi connectivity index (χ0) is 31.9. The van der Waals surface area contributed by atoms with E-state index in [4.69, 9.17) is 56.8 Å². The van der Waals surface area contributed by atoms with Crippen molar-refractivity contribution in [1.29, 1.82) is 0 Å². The second-order valence-electron chi connectivity index (χ2n) is 8.87. The van der Waals surface area contributed by atoms with Crippen LogP contribution in [0.2, 0.25) is 0 Å². The van der Waals surface area contributed by atoms with Crippen molar-refractivity contribution in [2.45, 2.75) is 13.3 Å². The van der Waals surface area contributed by atoms with E-state index in [1.807, 2.05) is 0 Å². The molecule has 1 N–H and O–H groups in total. The topological polar surface area (TPSA) is 157 Å². The summed E-state index contributed by atoms with van der Waals surface area (Å²) in [6.07, 6.45) is 1.08. The lowest BCUT2D eigenvalue weighted by Gasteiger charge is -2.09. The molecule has 0 bridgehead atoms. The number of ketones is 1. The Morgan fingerprint density at radius 1 is 0.386 bits per heavy atom. The first-order chi connectivity index (χ1) is 21.8. The molecule has 1 amide bonds. The van der Waals surface area contributed by atoms with Gasteiger partial charge in [0.25, 0.3) is 0 Å². The summed E-state index contributed by atoms with van der Waals surface area (Å²) in [5.74, 6) is 0.123. The third-order valence-corrected chi connectivity index (χ3v) is 5.16. The van der Waals surface area contributed by atoms with Crippen LogP contribution in [-0.2, 0) is 66.4 Å². The molecule has 0 radical (unpaired) electrons. The number of ether oxygens (including phenoxy) is 12. The molecule has 0 unspecified atom stereocenters. The van der Waals surface area contributed by atoms with Gasteiger partial charge in [-0.2, -0.15) is 0 Å². The van der Waals surface area contributed by atoms with Crippen LogP contribution < -0.4 is 5.32 Å². The minimum atomic E-state index is 0.123. The number of hydrogen-bond donors (Lipinski definition) is 1. The maximum absolute atomic E-state index is 10.8. The van der Waals surface area contributed by atoms with Crippen LogP contribution in [0.5, 0.6) is 0 Å². The van der Waals surface area contributed by atoms with E-state index in [0.29, 0.717) is 178 Å². The molecule has 15 nitrogen and oxygen atoms in total. The van der Waals surface area contributed by atoms with E-state index in [9.17, 15) is 9.59 Å². The first-order valence-corrected chi connectivity index (χ1v) is 15.4. The highest BCUT2D eigenvalue weighted by molar-refractivity contribution is 5.75. The van der Waals surface area contributed by atoms with Crippen molar-refractivity contribution in [3.05, 3.63) is 0 Å². The zero-order valence-electron chi connectivity index (χ0n) is 26.7. The second-order valence-corrected chi connectivity index (χ2v) is 8.87. The largest absolute Gasteiger partial charge is 0.379 e. The fourth-order valence-electron chi connectivity index (χ4n) is 2.93. The van der Waals surface area contributed by atoms with Crippen molar-refractivity contribution in [1.82, 2.24) is 5.32 Å². The second kappa shape index (κ2) is 39.7. The maximum atomic E-state index is 10.8. The Hall–Kier alpha value is -1.34. The minimum Gasteiger partial charge on any atom is -0.379 e. The monoisotopic (exact) mass is 643 g/mol. The molecule has 0 saturated carbocycles. The number of nitrogens with one attached hydrogen (secondary N) is 1. The summed E-state index contributed by atoms with van der Waals surface area (Å²) in [6, 6.07) is 0. The van der Waals surface area contributed by atoms with Crippen LogP contribution in [0, 0.1) is 0 Å². The Morgan fingerprint density at radius 3 is 0.795 bits per heavy atom. The van der Waals surface area contributed by atoms with Gasteiger partial charge in [0.05, 0.1) is 159 Å². The molecule has 0 aliphatic heterocycles. The van der Waals surface area contributed by atoms with Gasteiger partial charge in [-0.25, -0.2) is 0 Å².